The highest BCUT2D eigenvalue weighted by atomic mass is 32.2. The van der Waals surface area contributed by atoms with Gasteiger partial charge in [0.2, 0.25) is 15.9 Å². The van der Waals surface area contributed by atoms with Crippen molar-refractivity contribution >= 4 is 21.6 Å². The lowest BCUT2D eigenvalue weighted by Crippen LogP contribution is -2.48. The first-order valence-electron chi connectivity index (χ1n) is 7.96. The highest BCUT2D eigenvalue weighted by Crippen LogP contribution is 2.23. The molecule has 0 aliphatic carbocycles. The minimum Gasteiger partial charge on any atom is -0.354 e. The van der Waals surface area contributed by atoms with Gasteiger partial charge in [-0.2, -0.15) is 0 Å². The van der Waals surface area contributed by atoms with Gasteiger partial charge in [-0.1, -0.05) is 30.3 Å². The molecule has 8 heteroatoms. The Morgan fingerprint density at radius 2 is 1.77 bits per heavy atom. The lowest BCUT2D eigenvalue weighted by atomic mass is 10.1. The lowest BCUT2D eigenvalue weighted by molar-refractivity contribution is -0.121. The standard InChI is InChI=1S/C18H20F2N2O3S/c1-13(18(23)21-11-10-14-6-4-3-5-7-14)22(26(2,24)25)15-8-9-16(19)17(20)12-15/h3-9,12-13H,10-11H2,1-2H3,(H,21,23). The van der Waals surface area contributed by atoms with Crippen LogP contribution in [0.2, 0.25) is 0 Å². The van der Waals surface area contributed by atoms with Crippen molar-refractivity contribution in [3.05, 3.63) is 65.7 Å². The molecule has 5 nitrogen and oxygen atoms in total. The Balaban J connectivity index is 2.12. The molecule has 0 saturated carbocycles. The second-order valence-electron chi connectivity index (χ2n) is 5.86. The predicted octanol–water partition coefficient (Wildman–Crippen LogP) is 2.48. The van der Waals surface area contributed by atoms with Crippen LogP contribution in [0.15, 0.2) is 48.5 Å². The van der Waals surface area contributed by atoms with Crippen LogP contribution in [0.3, 0.4) is 0 Å². The maximum absolute atomic E-state index is 13.5. The Kier molecular flexibility index (Phi) is 6.31. The zero-order valence-corrected chi connectivity index (χ0v) is 15.3. The average molecular weight is 382 g/mol. The van der Waals surface area contributed by atoms with E-state index < -0.39 is 33.6 Å². The van der Waals surface area contributed by atoms with Gasteiger partial charge in [-0.3, -0.25) is 9.10 Å². The summed E-state index contributed by atoms with van der Waals surface area (Å²) in [7, 11) is -3.89. The number of halogens is 2. The minimum atomic E-state index is -3.89. The van der Waals surface area contributed by atoms with Crippen molar-refractivity contribution in [3.63, 3.8) is 0 Å². The topological polar surface area (TPSA) is 66.5 Å². The number of hydrogen-bond donors (Lipinski definition) is 1. The van der Waals surface area contributed by atoms with Crippen molar-refractivity contribution < 1.29 is 22.0 Å². The lowest BCUT2D eigenvalue weighted by Gasteiger charge is -2.28. The number of anilines is 1. The van der Waals surface area contributed by atoms with Crippen molar-refractivity contribution in [2.75, 3.05) is 17.1 Å². The van der Waals surface area contributed by atoms with Gasteiger partial charge in [0.05, 0.1) is 11.9 Å². The Morgan fingerprint density at radius 1 is 1.12 bits per heavy atom. The Labute approximate surface area is 151 Å². The molecule has 0 spiro atoms. The Morgan fingerprint density at radius 3 is 2.35 bits per heavy atom. The first kappa shape index (κ1) is 19.8. The first-order valence-corrected chi connectivity index (χ1v) is 9.81. The maximum Gasteiger partial charge on any atom is 0.243 e. The number of amides is 1. The molecule has 0 saturated heterocycles. The molecule has 1 amide bonds. The second-order valence-corrected chi connectivity index (χ2v) is 7.72. The van der Waals surface area contributed by atoms with E-state index in [1.807, 2.05) is 30.3 Å². The van der Waals surface area contributed by atoms with Gasteiger partial charge in [0.25, 0.3) is 0 Å². The molecule has 1 N–H and O–H groups in total. The summed E-state index contributed by atoms with van der Waals surface area (Å²) in [5.41, 5.74) is 0.915. The van der Waals surface area contributed by atoms with E-state index in [1.165, 1.54) is 6.92 Å². The number of sulfonamides is 1. The summed E-state index contributed by atoms with van der Waals surface area (Å²) in [4.78, 5) is 12.4. The quantitative estimate of drug-likeness (QED) is 0.800. The van der Waals surface area contributed by atoms with Gasteiger partial charge in [-0.25, -0.2) is 17.2 Å². The third-order valence-corrected chi connectivity index (χ3v) is 5.04. The van der Waals surface area contributed by atoms with Crippen LogP contribution in [0.5, 0.6) is 0 Å². The van der Waals surface area contributed by atoms with Crippen molar-refractivity contribution in [1.29, 1.82) is 0 Å². The fraction of sp³-hybridized carbons (Fsp3) is 0.278. The van der Waals surface area contributed by atoms with E-state index >= 15 is 0 Å². The molecule has 0 radical (unpaired) electrons. The van der Waals surface area contributed by atoms with Crippen molar-refractivity contribution in [2.24, 2.45) is 0 Å². The molecule has 0 heterocycles. The molecule has 2 rings (SSSR count). The molecule has 1 atom stereocenters. The number of rotatable bonds is 7. The van der Waals surface area contributed by atoms with Crippen LogP contribution in [-0.4, -0.2) is 33.2 Å². The largest absolute Gasteiger partial charge is 0.354 e. The number of carbonyl (C=O) groups is 1. The molecule has 0 bridgehead atoms. The summed E-state index contributed by atoms with van der Waals surface area (Å²) >= 11 is 0. The van der Waals surface area contributed by atoms with Crippen molar-refractivity contribution in [1.82, 2.24) is 5.32 Å². The van der Waals surface area contributed by atoms with Crippen LogP contribution >= 0.6 is 0 Å². The van der Waals surface area contributed by atoms with Gasteiger partial charge in [0, 0.05) is 12.6 Å². The normalized spacial score (nSPS) is 12.5. The molecule has 1 unspecified atom stereocenters. The smallest absolute Gasteiger partial charge is 0.243 e. The van der Waals surface area contributed by atoms with Gasteiger partial charge >= 0.3 is 0 Å². The fourth-order valence-corrected chi connectivity index (χ4v) is 3.72. The van der Waals surface area contributed by atoms with Gasteiger partial charge < -0.3 is 5.32 Å². The molecular formula is C18H20F2N2O3S. The van der Waals surface area contributed by atoms with Crippen LogP contribution in [0.25, 0.3) is 0 Å². The summed E-state index contributed by atoms with van der Waals surface area (Å²) in [5.74, 6) is -2.81. The van der Waals surface area contributed by atoms with E-state index in [4.69, 9.17) is 0 Å². The SMILES string of the molecule is CC(C(=O)NCCc1ccccc1)N(c1ccc(F)c(F)c1)S(C)(=O)=O. The number of nitrogens with one attached hydrogen (secondary N) is 1. The molecule has 0 aliphatic rings. The van der Waals surface area contributed by atoms with E-state index in [9.17, 15) is 22.0 Å². The van der Waals surface area contributed by atoms with Crippen molar-refractivity contribution in [2.45, 2.75) is 19.4 Å². The van der Waals surface area contributed by atoms with E-state index in [0.717, 1.165) is 34.3 Å². The van der Waals surface area contributed by atoms with Crippen LogP contribution in [-0.2, 0) is 21.2 Å². The highest BCUT2D eigenvalue weighted by molar-refractivity contribution is 7.92. The van der Waals surface area contributed by atoms with Gasteiger partial charge in [-0.15, -0.1) is 0 Å². The third kappa shape index (κ3) is 5.01. The monoisotopic (exact) mass is 382 g/mol. The summed E-state index contributed by atoms with van der Waals surface area (Å²) in [6.07, 6.45) is 1.49. The molecule has 140 valence electrons. The van der Waals surface area contributed by atoms with E-state index in [0.29, 0.717) is 13.0 Å². The molecule has 0 aromatic heterocycles. The van der Waals surface area contributed by atoms with Gasteiger partial charge in [0.1, 0.15) is 6.04 Å². The summed E-state index contributed by atoms with van der Waals surface area (Å²) in [6, 6.07) is 11.1. The first-order chi connectivity index (χ1) is 12.2. The highest BCUT2D eigenvalue weighted by Gasteiger charge is 2.29. The fourth-order valence-electron chi connectivity index (χ4n) is 2.55. The molecule has 2 aromatic rings. The number of carbonyl (C=O) groups excluding carboxylic acids is 1. The second kappa shape index (κ2) is 8.27. The molecule has 26 heavy (non-hydrogen) atoms. The Bertz CT molecular complexity index is 873. The van der Waals surface area contributed by atoms with Crippen molar-refractivity contribution in [3.8, 4) is 0 Å². The van der Waals surface area contributed by atoms with E-state index in [1.54, 1.807) is 0 Å². The average Bonchev–Trinajstić information content (AvgIpc) is 2.58. The van der Waals surface area contributed by atoms with Gasteiger partial charge in [0.15, 0.2) is 11.6 Å². The summed E-state index contributed by atoms with van der Waals surface area (Å²) in [5, 5.41) is 2.67. The number of hydrogen-bond acceptors (Lipinski definition) is 3. The van der Waals surface area contributed by atoms with E-state index in [2.05, 4.69) is 5.32 Å². The summed E-state index contributed by atoms with van der Waals surface area (Å²) in [6.45, 7) is 1.71. The van der Waals surface area contributed by atoms with Gasteiger partial charge in [-0.05, 0) is 31.0 Å². The molecular weight excluding hydrogens is 362 g/mol. The van der Waals surface area contributed by atoms with Crippen LogP contribution in [0, 0.1) is 11.6 Å². The zero-order valence-electron chi connectivity index (χ0n) is 14.4. The predicted molar refractivity (Wildman–Crippen MR) is 96.3 cm³/mol. The van der Waals surface area contributed by atoms with Crippen LogP contribution in [0.4, 0.5) is 14.5 Å². The molecule has 0 fully saturated rings. The van der Waals surface area contributed by atoms with Crippen LogP contribution < -0.4 is 9.62 Å². The third-order valence-electron chi connectivity index (χ3n) is 3.80. The Hall–Kier alpha value is -2.48. The summed E-state index contributed by atoms with van der Waals surface area (Å²) < 4.78 is 51.6. The molecule has 0 aliphatic heterocycles. The molecule has 2 aromatic carbocycles. The van der Waals surface area contributed by atoms with E-state index in [-0.39, 0.29) is 5.69 Å². The number of benzene rings is 2. The van der Waals surface area contributed by atoms with Crippen LogP contribution in [0.1, 0.15) is 12.5 Å². The minimum absolute atomic E-state index is 0.114. The number of nitrogens with zero attached hydrogens (tertiary/aromatic N) is 1. The maximum atomic E-state index is 13.5. The zero-order chi connectivity index (χ0) is 19.3.